The summed E-state index contributed by atoms with van der Waals surface area (Å²) in [5, 5.41) is 3.47. The van der Waals surface area contributed by atoms with E-state index in [0.717, 1.165) is 42.6 Å². The lowest BCUT2D eigenvalue weighted by molar-refractivity contribution is -0.122. The number of aromatic nitrogens is 2. The van der Waals surface area contributed by atoms with E-state index in [9.17, 15) is 9.59 Å². The normalized spacial score (nSPS) is 17.7. The van der Waals surface area contributed by atoms with Crippen LogP contribution in [0.4, 0.5) is 5.82 Å². The number of benzene rings is 1. The van der Waals surface area contributed by atoms with Crippen molar-refractivity contribution in [3.8, 4) is 5.75 Å². The fourth-order valence-corrected chi connectivity index (χ4v) is 5.68. The lowest BCUT2D eigenvalue weighted by Gasteiger charge is -2.16. The zero-order valence-electron chi connectivity index (χ0n) is 19.6. The fraction of sp³-hybridized carbons (Fsp3) is 0.308. The van der Waals surface area contributed by atoms with E-state index >= 15 is 0 Å². The number of thiocarbonyl (C=S) groups is 1. The largest absolute Gasteiger partial charge is 0.497 e. The molecule has 5 rings (SSSR count). The Labute approximate surface area is 213 Å². The molecule has 1 aliphatic heterocycles. The number of carbonyl (C=O) groups excluding carboxylic acids is 1. The maximum absolute atomic E-state index is 13.5. The van der Waals surface area contributed by atoms with Gasteiger partial charge in [0.2, 0.25) is 0 Å². The van der Waals surface area contributed by atoms with Crippen molar-refractivity contribution in [3.05, 3.63) is 74.5 Å². The second kappa shape index (κ2) is 9.83. The first-order valence-corrected chi connectivity index (χ1v) is 12.8. The SMILES string of the molecule is COc1ccc(CN2C(=O)C(=Cc3c(NC4CCCC4)nc4ccc(C)cn4c3=O)SC2=S)cc1. The molecular formula is C26H26N4O3S2. The van der Waals surface area contributed by atoms with Crippen molar-refractivity contribution in [2.24, 2.45) is 0 Å². The Balaban J connectivity index is 1.51. The summed E-state index contributed by atoms with van der Waals surface area (Å²) in [6.45, 7) is 2.29. The Hall–Kier alpha value is -3.17. The number of methoxy groups -OCH3 is 1. The molecule has 1 saturated carbocycles. The highest BCUT2D eigenvalue weighted by Gasteiger charge is 2.33. The van der Waals surface area contributed by atoms with Crippen LogP contribution >= 0.6 is 24.0 Å². The van der Waals surface area contributed by atoms with Gasteiger partial charge in [0, 0.05) is 12.2 Å². The average Bonchev–Trinajstić information content (AvgIpc) is 3.46. The number of aryl methyl sites for hydroxylation is 1. The topological polar surface area (TPSA) is 75.9 Å². The molecule has 2 aliphatic rings. The number of ether oxygens (including phenoxy) is 1. The van der Waals surface area contributed by atoms with E-state index in [1.807, 2.05) is 43.3 Å². The molecule has 0 atom stereocenters. The van der Waals surface area contributed by atoms with Gasteiger partial charge < -0.3 is 10.1 Å². The van der Waals surface area contributed by atoms with Crippen LogP contribution in [0.1, 0.15) is 42.4 Å². The monoisotopic (exact) mass is 506 g/mol. The van der Waals surface area contributed by atoms with Crippen molar-refractivity contribution in [2.75, 3.05) is 12.4 Å². The molecule has 1 aliphatic carbocycles. The standard InChI is InChI=1S/C26H26N4O3S2/c1-16-7-12-22-28-23(27-18-5-3-4-6-18)20(24(31)29(22)14-16)13-21-25(32)30(26(34)35-21)15-17-8-10-19(33-2)11-9-17/h7-14,18,27H,3-6,15H2,1-2H3. The number of hydrogen-bond acceptors (Lipinski definition) is 7. The first-order chi connectivity index (χ1) is 16.9. The molecule has 2 fully saturated rings. The van der Waals surface area contributed by atoms with Crippen molar-refractivity contribution in [3.63, 3.8) is 0 Å². The van der Waals surface area contributed by atoms with Crippen LogP contribution in [0.25, 0.3) is 11.7 Å². The second-order valence-corrected chi connectivity index (χ2v) is 10.5. The second-order valence-electron chi connectivity index (χ2n) is 8.86. The summed E-state index contributed by atoms with van der Waals surface area (Å²) in [5.41, 5.74) is 2.64. The molecule has 2 aromatic heterocycles. The quantitative estimate of drug-likeness (QED) is 0.381. The molecule has 9 heteroatoms. The van der Waals surface area contributed by atoms with Crippen molar-refractivity contribution >= 4 is 51.7 Å². The van der Waals surface area contributed by atoms with Crippen LogP contribution in [0.5, 0.6) is 5.75 Å². The fourth-order valence-electron chi connectivity index (χ4n) is 4.44. The van der Waals surface area contributed by atoms with E-state index < -0.39 is 0 Å². The van der Waals surface area contributed by atoms with Gasteiger partial charge in [-0.3, -0.25) is 18.9 Å². The highest BCUT2D eigenvalue weighted by Crippen LogP contribution is 2.34. The van der Waals surface area contributed by atoms with E-state index in [1.54, 1.807) is 28.7 Å². The zero-order chi connectivity index (χ0) is 24.5. The molecule has 180 valence electrons. The third-order valence-electron chi connectivity index (χ3n) is 6.35. The Morgan fingerprint density at radius 2 is 1.91 bits per heavy atom. The molecule has 1 aromatic carbocycles. The average molecular weight is 507 g/mol. The van der Waals surface area contributed by atoms with Crippen LogP contribution in [-0.4, -0.2) is 37.7 Å². The van der Waals surface area contributed by atoms with Crippen molar-refractivity contribution in [1.82, 2.24) is 14.3 Å². The van der Waals surface area contributed by atoms with Crippen molar-refractivity contribution in [1.29, 1.82) is 0 Å². The van der Waals surface area contributed by atoms with Gasteiger partial charge in [-0.2, -0.15) is 0 Å². The van der Waals surface area contributed by atoms with Crippen LogP contribution in [-0.2, 0) is 11.3 Å². The number of nitrogens with one attached hydrogen (secondary N) is 1. The molecule has 0 bridgehead atoms. The number of anilines is 1. The predicted octanol–water partition coefficient (Wildman–Crippen LogP) is 4.77. The summed E-state index contributed by atoms with van der Waals surface area (Å²) >= 11 is 6.73. The van der Waals surface area contributed by atoms with Crippen LogP contribution < -0.4 is 15.6 Å². The highest BCUT2D eigenvalue weighted by molar-refractivity contribution is 8.26. The maximum Gasteiger partial charge on any atom is 0.267 e. The molecule has 1 saturated heterocycles. The smallest absolute Gasteiger partial charge is 0.267 e. The molecule has 1 amide bonds. The number of fused-ring (bicyclic) bond motifs is 1. The summed E-state index contributed by atoms with van der Waals surface area (Å²) in [6, 6.07) is 11.6. The third-order valence-corrected chi connectivity index (χ3v) is 7.73. The van der Waals surface area contributed by atoms with Crippen molar-refractivity contribution in [2.45, 2.75) is 45.2 Å². The van der Waals surface area contributed by atoms with Gasteiger partial charge in [0.25, 0.3) is 11.5 Å². The first kappa shape index (κ1) is 23.6. The number of hydrogen-bond donors (Lipinski definition) is 1. The number of amides is 1. The summed E-state index contributed by atoms with van der Waals surface area (Å²) in [5.74, 6) is 1.06. The minimum atomic E-state index is -0.212. The third kappa shape index (κ3) is 4.83. The number of thioether (sulfide) groups is 1. The molecule has 3 aromatic rings. The van der Waals surface area contributed by atoms with E-state index in [2.05, 4.69) is 5.32 Å². The molecule has 1 N–H and O–H groups in total. The Morgan fingerprint density at radius 1 is 1.17 bits per heavy atom. The highest BCUT2D eigenvalue weighted by atomic mass is 32.2. The van der Waals surface area contributed by atoms with Gasteiger partial charge in [0.05, 0.1) is 24.1 Å². The summed E-state index contributed by atoms with van der Waals surface area (Å²) < 4.78 is 7.22. The van der Waals surface area contributed by atoms with Crippen LogP contribution in [0.15, 0.2) is 52.3 Å². The van der Waals surface area contributed by atoms with Crippen LogP contribution in [0.2, 0.25) is 0 Å². The first-order valence-electron chi connectivity index (χ1n) is 11.6. The van der Waals surface area contributed by atoms with Crippen LogP contribution in [0, 0.1) is 6.92 Å². The molecular weight excluding hydrogens is 480 g/mol. The van der Waals surface area contributed by atoms with E-state index in [4.69, 9.17) is 21.9 Å². The maximum atomic E-state index is 13.5. The predicted molar refractivity (Wildman–Crippen MR) is 144 cm³/mol. The van der Waals surface area contributed by atoms with Gasteiger partial charge >= 0.3 is 0 Å². The lowest BCUT2D eigenvalue weighted by Crippen LogP contribution is -2.27. The Morgan fingerprint density at radius 3 is 2.63 bits per heavy atom. The number of pyridine rings is 1. The summed E-state index contributed by atoms with van der Waals surface area (Å²) in [4.78, 5) is 33.6. The number of nitrogens with zero attached hydrogens (tertiary/aromatic N) is 3. The van der Waals surface area contributed by atoms with Gasteiger partial charge in [0.1, 0.15) is 21.5 Å². The summed E-state index contributed by atoms with van der Waals surface area (Å²) in [7, 11) is 1.61. The minimum absolute atomic E-state index is 0.209. The van der Waals surface area contributed by atoms with Gasteiger partial charge in [-0.1, -0.05) is 55.0 Å². The molecule has 0 spiro atoms. The molecule has 0 radical (unpaired) electrons. The molecule has 0 unspecified atom stereocenters. The van der Waals surface area contributed by atoms with Gasteiger partial charge in [-0.15, -0.1) is 0 Å². The Kier molecular flexibility index (Phi) is 6.62. The lowest BCUT2D eigenvalue weighted by atomic mass is 10.2. The van der Waals surface area contributed by atoms with Gasteiger partial charge in [-0.25, -0.2) is 4.98 Å². The van der Waals surface area contributed by atoms with Gasteiger partial charge in [-0.05, 0) is 55.2 Å². The molecule has 3 heterocycles. The van der Waals surface area contributed by atoms with Gasteiger partial charge in [0.15, 0.2) is 0 Å². The van der Waals surface area contributed by atoms with Crippen molar-refractivity contribution < 1.29 is 9.53 Å². The Bertz CT molecular complexity index is 1390. The summed E-state index contributed by atoms with van der Waals surface area (Å²) in [6.07, 6.45) is 7.81. The van der Waals surface area contributed by atoms with E-state index in [0.29, 0.717) is 32.8 Å². The molecule has 7 nitrogen and oxygen atoms in total. The zero-order valence-corrected chi connectivity index (χ0v) is 21.2. The van der Waals surface area contributed by atoms with Crippen LogP contribution in [0.3, 0.4) is 0 Å². The van der Waals surface area contributed by atoms with E-state index in [-0.39, 0.29) is 17.5 Å². The minimum Gasteiger partial charge on any atom is -0.497 e. The number of rotatable bonds is 6. The number of carbonyl (C=O) groups is 1. The molecule has 35 heavy (non-hydrogen) atoms. The van der Waals surface area contributed by atoms with E-state index in [1.165, 1.54) is 11.8 Å².